The van der Waals surface area contributed by atoms with Crippen molar-refractivity contribution < 1.29 is 9.53 Å². The summed E-state index contributed by atoms with van der Waals surface area (Å²) in [4.78, 5) is 11.6. The molecule has 0 aromatic heterocycles. The quantitative estimate of drug-likeness (QED) is 0.796. The topological polar surface area (TPSA) is 38.3 Å². The number of ether oxygens (including phenoxy) is 1. The van der Waals surface area contributed by atoms with E-state index in [0.29, 0.717) is 25.5 Å². The molecule has 0 radical (unpaired) electrons. The van der Waals surface area contributed by atoms with Gasteiger partial charge >= 0.3 is 5.97 Å². The van der Waals surface area contributed by atoms with E-state index in [4.69, 9.17) is 4.74 Å². The SMILES string of the molecule is Cc1ccc(NCCC(=O)OCC2CCCC2)cc1. The van der Waals surface area contributed by atoms with Gasteiger partial charge in [0.05, 0.1) is 13.0 Å². The van der Waals surface area contributed by atoms with Crippen LogP contribution < -0.4 is 5.32 Å². The van der Waals surface area contributed by atoms with Crippen LogP contribution in [0.1, 0.15) is 37.7 Å². The molecule has 0 amide bonds. The molecule has 1 aromatic carbocycles. The lowest BCUT2D eigenvalue weighted by atomic mass is 10.1. The fourth-order valence-corrected chi connectivity index (χ4v) is 2.44. The van der Waals surface area contributed by atoms with Gasteiger partial charge in [0.2, 0.25) is 0 Å². The molecule has 19 heavy (non-hydrogen) atoms. The molecule has 1 N–H and O–H groups in total. The maximum atomic E-state index is 11.6. The van der Waals surface area contributed by atoms with E-state index in [1.54, 1.807) is 0 Å². The van der Waals surface area contributed by atoms with Crippen LogP contribution in [-0.4, -0.2) is 19.1 Å². The molecule has 1 fully saturated rings. The van der Waals surface area contributed by atoms with Crippen molar-refractivity contribution in [2.75, 3.05) is 18.5 Å². The zero-order valence-corrected chi connectivity index (χ0v) is 11.7. The second kappa shape index (κ2) is 7.17. The number of anilines is 1. The lowest BCUT2D eigenvalue weighted by Crippen LogP contribution is -2.15. The molecule has 1 saturated carbocycles. The Hall–Kier alpha value is -1.51. The van der Waals surface area contributed by atoms with Gasteiger partial charge in [-0.3, -0.25) is 4.79 Å². The van der Waals surface area contributed by atoms with E-state index in [0.717, 1.165) is 5.69 Å². The molecule has 3 heteroatoms. The van der Waals surface area contributed by atoms with Crippen molar-refractivity contribution in [1.82, 2.24) is 0 Å². The summed E-state index contributed by atoms with van der Waals surface area (Å²) in [6, 6.07) is 8.17. The van der Waals surface area contributed by atoms with Crippen LogP contribution in [0.2, 0.25) is 0 Å². The van der Waals surface area contributed by atoms with E-state index in [1.165, 1.54) is 31.2 Å². The highest BCUT2D eigenvalue weighted by Gasteiger charge is 2.16. The van der Waals surface area contributed by atoms with Crippen molar-refractivity contribution in [3.05, 3.63) is 29.8 Å². The third kappa shape index (κ3) is 4.93. The van der Waals surface area contributed by atoms with Crippen LogP contribution >= 0.6 is 0 Å². The molecule has 1 aliphatic rings. The highest BCUT2D eigenvalue weighted by Crippen LogP contribution is 2.24. The molecule has 0 saturated heterocycles. The Morgan fingerprint density at radius 2 is 1.95 bits per heavy atom. The Morgan fingerprint density at radius 1 is 1.26 bits per heavy atom. The monoisotopic (exact) mass is 261 g/mol. The molecule has 0 bridgehead atoms. The highest BCUT2D eigenvalue weighted by molar-refractivity contribution is 5.70. The minimum Gasteiger partial charge on any atom is -0.465 e. The molecule has 0 atom stereocenters. The molecule has 0 aliphatic heterocycles. The Balaban J connectivity index is 1.59. The second-order valence-corrected chi connectivity index (χ2v) is 5.38. The smallest absolute Gasteiger partial charge is 0.307 e. The van der Waals surface area contributed by atoms with Gasteiger partial charge in [0.1, 0.15) is 0 Å². The van der Waals surface area contributed by atoms with Gasteiger partial charge in [-0.05, 0) is 37.8 Å². The summed E-state index contributed by atoms with van der Waals surface area (Å²) in [5.41, 5.74) is 2.29. The first kappa shape index (κ1) is 13.9. The first-order valence-electron chi connectivity index (χ1n) is 7.20. The van der Waals surface area contributed by atoms with Crippen LogP contribution in [0, 0.1) is 12.8 Å². The number of hydrogen-bond donors (Lipinski definition) is 1. The standard InChI is InChI=1S/C16H23NO2/c1-13-6-8-15(9-7-13)17-11-10-16(18)19-12-14-4-2-3-5-14/h6-9,14,17H,2-5,10-12H2,1H3. The summed E-state index contributed by atoms with van der Waals surface area (Å²) >= 11 is 0. The Labute approximate surface area is 115 Å². The van der Waals surface area contributed by atoms with Crippen molar-refractivity contribution in [2.45, 2.75) is 39.0 Å². The van der Waals surface area contributed by atoms with E-state index >= 15 is 0 Å². The first-order chi connectivity index (χ1) is 9.24. The molecular weight excluding hydrogens is 238 g/mol. The summed E-state index contributed by atoms with van der Waals surface area (Å²) < 4.78 is 5.30. The van der Waals surface area contributed by atoms with E-state index in [2.05, 4.69) is 24.4 Å². The highest BCUT2D eigenvalue weighted by atomic mass is 16.5. The molecule has 3 nitrogen and oxygen atoms in total. The maximum Gasteiger partial charge on any atom is 0.307 e. The number of esters is 1. The van der Waals surface area contributed by atoms with E-state index in [9.17, 15) is 4.79 Å². The fourth-order valence-electron chi connectivity index (χ4n) is 2.44. The van der Waals surface area contributed by atoms with Crippen molar-refractivity contribution >= 4 is 11.7 Å². The van der Waals surface area contributed by atoms with E-state index < -0.39 is 0 Å². The molecule has 0 spiro atoms. The molecule has 1 aromatic rings. The summed E-state index contributed by atoms with van der Waals surface area (Å²) in [5.74, 6) is 0.514. The molecule has 1 aliphatic carbocycles. The average Bonchev–Trinajstić information content (AvgIpc) is 2.92. The second-order valence-electron chi connectivity index (χ2n) is 5.38. The first-order valence-corrected chi connectivity index (χ1v) is 7.20. The molecule has 2 rings (SSSR count). The number of benzene rings is 1. The minimum atomic E-state index is -0.0912. The predicted octanol–water partition coefficient (Wildman–Crippen LogP) is 3.53. The lowest BCUT2D eigenvalue weighted by molar-refractivity contribution is -0.144. The van der Waals surface area contributed by atoms with Crippen molar-refractivity contribution in [3.63, 3.8) is 0 Å². The third-order valence-electron chi connectivity index (χ3n) is 3.66. The Kier molecular flexibility index (Phi) is 5.25. The summed E-state index contributed by atoms with van der Waals surface area (Å²) in [7, 11) is 0. The number of aryl methyl sites for hydroxylation is 1. The van der Waals surface area contributed by atoms with Gasteiger partial charge in [0, 0.05) is 12.2 Å². The Bertz CT molecular complexity index is 394. The molecule has 104 valence electrons. The molecule has 0 unspecified atom stereocenters. The zero-order valence-electron chi connectivity index (χ0n) is 11.7. The van der Waals surface area contributed by atoms with E-state index in [-0.39, 0.29) is 5.97 Å². The summed E-state index contributed by atoms with van der Waals surface area (Å²) in [6.07, 6.45) is 5.44. The van der Waals surface area contributed by atoms with Crippen LogP contribution in [-0.2, 0) is 9.53 Å². The number of carbonyl (C=O) groups excluding carboxylic acids is 1. The molecule has 0 heterocycles. The minimum absolute atomic E-state index is 0.0912. The van der Waals surface area contributed by atoms with Crippen LogP contribution in [0.4, 0.5) is 5.69 Å². The van der Waals surface area contributed by atoms with Crippen LogP contribution in [0.15, 0.2) is 24.3 Å². The van der Waals surface area contributed by atoms with Gasteiger partial charge in [-0.25, -0.2) is 0 Å². The third-order valence-corrected chi connectivity index (χ3v) is 3.66. The largest absolute Gasteiger partial charge is 0.465 e. The van der Waals surface area contributed by atoms with Gasteiger partial charge in [-0.15, -0.1) is 0 Å². The van der Waals surface area contributed by atoms with Crippen LogP contribution in [0.25, 0.3) is 0 Å². The van der Waals surface area contributed by atoms with Gasteiger partial charge in [-0.2, -0.15) is 0 Å². The van der Waals surface area contributed by atoms with Crippen molar-refractivity contribution in [3.8, 4) is 0 Å². The maximum absolute atomic E-state index is 11.6. The zero-order chi connectivity index (χ0) is 13.5. The Morgan fingerprint density at radius 3 is 2.63 bits per heavy atom. The normalized spacial score (nSPS) is 15.4. The van der Waals surface area contributed by atoms with Crippen LogP contribution in [0.3, 0.4) is 0 Å². The lowest BCUT2D eigenvalue weighted by Gasteiger charge is -2.10. The van der Waals surface area contributed by atoms with Gasteiger partial charge in [0.25, 0.3) is 0 Å². The summed E-state index contributed by atoms with van der Waals surface area (Å²) in [5, 5.41) is 3.23. The average molecular weight is 261 g/mol. The van der Waals surface area contributed by atoms with E-state index in [1.807, 2.05) is 12.1 Å². The number of carbonyl (C=O) groups is 1. The van der Waals surface area contributed by atoms with Gasteiger partial charge in [-0.1, -0.05) is 30.5 Å². The predicted molar refractivity (Wildman–Crippen MR) is 77.2 cm³/mol. The van der Waals surface area contributed by atoms with Gasteiger partial charge in [0.15, 0.2) is 0 Å². The molecular formula is C16H23NO2. The van der Waals surface area contributed by atoms with Crippen molar-refractivity contribution in [1.29, 1.82) is 0 Å². The summed E-state index contributed by atoms with van der Waals surface area (Å²) in [6.45, 7) is 3.31. The fraction of sp³-hybridized carbons (Fsp3) is 0.562. The number of hydrogen-bond acceptors (Lipinski definition) is 3. The number of rotatable bonds is 6. The van der Waals surface area contributed by atoms with Crippen LogP contribution in [0.5, 0.6) is 0 Å². The number of nitrogens with one attached hydrogen (secondary N) is 1. The van der Waals surface area contributed by atoms with Crippen molar-refractivity contribution in [2.24, 2.45) is 5.92 Å². The van der Waals surface area contributed by atoms with Gasteiger partial charge < -0.3 is 10.1 Å².